The molecule has 0 unspecified atom stereocenters. The average molecular weight is 351 g/mol. The summed E-state index contributed by atoms with van der Waals surface area (Å²) in [6.45, 7) is 1.27. The molecule has 0 amide bonds. The van der Waals surface area contributed by atoms with Crippen LogP contribution in [0.25, 0.3) is 0 Å². The number of hydrogen-bond donors (Lipinski definition) is 0. The van der Waals surface area contributed by atoms with Crippen molar-refractivity contribution in [3.05, 3.63) is 96.0 Å². The van der Waals surface area contributed by atoms with Crippen LogP contribution in [-0.4, -0.2) is 19.9 Å². The van der Waals surface area contributed by atoms with E-state index in [0.29, 0.717) is 22.9 Å². The quantitative estimate of drug-likeness (QED) is 0.844. The van der Waals surface area contributed by atoms with Crippen molar-refractivity contribution in [2.45, 2.75) is 16.3 Å². The van der Waals surface area contributed by atoms with Crippen LogP contribution in [0, 0.1) is 0 Å². The largest absolute Gasteiger partial charge is 0.487 e. The number of fused-ring (bicyclic) bond motifs is 1. The van der Waals surface area contributed by atoms with Crippen LogP contribution < -0.4 is 0 Å². The number of benzene rings is 2. The summed E-state index contributed by atoms with van der Waals surface area (Å²) >= 11 is 0. The monoisotopic (exact) mass is 351 g/mol. The van der Waals surface area contributed by atoms with Crippen molar-refractivity contribution in [1.82, 2.24) is 4.90 Å². The number of hydrogen-bond acceptors (Lipinski definition) is 4. The molecule has 0 fully saturated rings. The predicted molar refractivity (Wildman–Crippen MR) is 95.1 cm³/mol. The highest BCUT2D eigenvalue weighted by Gasteiger charge is 2.18. The lowest BCUT2D eigenvalue weighted by Crippen LogP contribution is -2.13. The van der Waals surface area contributed by atoms with Gasteiger partial charge in [-0.1, -0.05) is 30.3 Å². The first-order chi connectivity index (χ1) is 12.1. The van der Waals surface area contributed by atoms with Gasteiger partial charge in [0.05, 0.1) is 9.79 Å². The lowest BCUT2D eigenvalue weighted by atomic mass is 10.1. The van der Waals surface area contributed by atoms with Gasteiger partial charge in [0.15, 0.2) is 0 Å². The number of ether oxygens (including phenoxy) is 1. The van der Waals surface area contributed by atoms with Crippen LogP contribution in [0.3, 0.4) is 0 Å². The first-order valence-corrected chi connectivity index (χ1v) is 9.49. The summed E-state index contributed by atoms with van der Waals surface area (Å²) in [5.41, 5.74) is 2.14. The molecule has 0 atom stereocenters. The van der Waals surface area contributed by atoms with Crippen LogP contribution >= 0.6 is 0 Å². The van der Waals surface area contributed by atoms with Crippen molar-refractivity contribution >= 4 is 9.84 Å². The summed E-state index contributed by atoms with van der Waals surface area (Å²) in [5.74, 6) is 0.880. The second-order valence-corrected chi connectivity index (χ2v) is 7.86. The van der Waals surface area contributed by atoms with Gasteiger partial charge in [-0.25, -0.2) is 8.42 Å². The van der Waals surface area contributed by atoms with E-state index < -0.39 is 9.84 Å². The fourth-order valence-corrected chi connectivity index (χ4v) is 4.14. The van der Waals surface area contributed by atoms with Crippen LogP contribution in [0.15, 0.2) is 100 Å². The molecule has 126 valence electrons. The Labute approximate surface area is 147 Å². The van der Waals surface area contributed by atoms with E-state index in [-0.39, 0.29) is 0 Å². The summed E-state index contributed by atoms with van der Waals surface area (Å²) in [6.07, 6.45) is 8.03. The summed E-state index contributed by atoms with van der Waals surface area (Å²) in [5, 5.41) is 0. The van der Waals surface area contributed by atoms with Crippen molar-refractivity contribution in [2.24, 2.45) is 0 Å². The van der Waals surface area contributed by atoms with E-state index >= 15 is 0 Å². The molecule has 0 aromatic heterocycles. The van der Waals surface area contributed by atoms with Gasteiger partial charge in [0.2, 0.25) is 9.84 Å². The normalized spacial score (nSPS) is 16.1. The molecule has 2 aromatic rings. The third-order valence-electron chi connectivity index (χ3n) is 4.21. The molecule has 0 saturated heterocycles. The predicted octanol–water partition coefficient (Wildman–Crippen LogP) is 3.65. The molecule has 0 bridgehead atoms. The van der Waals surface area contributed by atoms with Crippen LogP contribution in [0.2, 0.25) is 0 Å². The minimum absolute atomic E-state index is 0.305. The zero-order valence-electron chi connectivity index (χ0n) is 13.5. The van der Waals surface area contributed by atoms with Gasteiger partial charge in [0.25, 0.3) is 0 Å². The van der Waals surface area contributed by atoms with Crippen LogP contribution in [0.1, 0.15) is 5.56 Å². The average Bonchev–Trinajstić information content (AvgIpc) is 3.11. The molecule has 2 aromatic carbocycles. The summed E-state index contributed by atoms with van der Waals surface area (Å²) < 4.78 is 30.7. The number of allylic oxidation sites excluding steroid dienone is 1. The minimum Gasteiger partial charge on any atom is -0.487 e. The van der Waals surface area contributed by atoms with Crippen LogP contribution in [-0.2, 0) is 21.1 Å². The third kappa shape index (κ3) is 3.10. The van der Waals surface area contributed by atoms with Crippen LogP contribution in [0.4, 0.5) is 0 Å². The maximum atomic E-state index is 12.6. The Morgan fingerprint density at radius 1 is 0.960 bits per heavy atom. The van der Waals surface area contributed by atoms with Crippen molar-refractivity contribution < 1.29 is 13.2 Å². The van der Waals surface area contributed by atoms with E-state index in [9.17, 15) is 8.42 Å². The Balaban J connectivity index is 1.52. The van der Waals surface area contributed by atoms with Gasteiger partial charge < -0.3 is 9.64 Å². The summed E-state index contributed by atoms with van der Waals surface area (Å²) in [4.78, 5) is 2.64. The molecule has 2 aliphatic rings. The molecular formula is C20H17NO3S. The third-order valence-corrected chi connectivity index (χ3v) is 5.99. The Bertz CT molecular complexity index is 971. The topological polar surface area (TPSA) is 46.6 Å². The first-order valence-electron chi connectivity index (χ1n) is 8.01. The van der Waals surface area contributed by atoms with E-state index in [2.05, 4.69) is 0 Å². The highest BCUT2D eigenvalue weighted by Crippen LogP contribution is 2.26. The second kappa shape index (κ2) is 6.26. The zero-order chi connectivity index (χ0) is 17.3. The Hall–Kier alpha value is -2.79. The standard InChI is InChI=1S/C20H17NO3S/c22-25(23,18-4-2-1-3-5-18)19-8-6-16(7-9-19)14-21-12-10-17-11-13-24-20(17)15-21/h1-12,15H,13-14H2. The van der Waals surface area contributed by atoms with Crippen molar-refractivity contribution in [3.63, 3.8) is 0 Å². The first kappa shape index (κ1) is 15.7. The zero-order valence-corrected chi connectivity index (χ0v) is 14.3. The fourth-order valence-electron chi connectivity index (χ4n) is 2.86. The van der Waals surface area contributed by atoms with E-state index in [1.54, 1.807) is 42.5 Å². The number of nitrogens with zero attached hydrogens (tertiary/aromatic N) is 1. The summed E-state index contributed by atoms with van der Waals surface area (Å²) in [7, 11) is -3.47. The smallest absolute Gasteiger partial charge is 0.206 e. The fraction of sp³-hybridized carbons (Fsp3) is 0.100. The van der Waals surface area contributed by atoms with E-state index in [4.69, 9.17) is 4.74 Å². The van der Waals surface area contributed by atoms with Gasteiger partial charge in [0.1, 0.15) is 12.4 Å². The SMILES string of the molecule is O=S(=O)(c1ccccc1)c1ccc(CN2C=CC3=CCOC3=C2)cc1. The molecule has 2 heterocycles. The highest BCUT2D eigenvalue weighted by atomic mass is 32.2. The van der Waals surface area contributed by atoms with E-state index in [1.165, 1.54) is 0 Å². The van der Waals surface area contributed by atoms with E-state index in [0.717, 1.165) is 16.9 Å². The molecule has 0 aliphatic carbocycles. The van der Waals surface area contributed by atoms with Crippen molar-refractivity contribution in [2.75, 3.05) is 6.61 Å². The second-order valence-electron chi connectivity index (χ2n) is 5.91. The number of rotatable bonds is 4. The maximum absolute atomic E-state index is 12.6. The van der Waals surface area contributed by atoms with Gasteiger partial charge in [-0.2, -0.15) is 0 Å². The molecule has 2 aliphatic heterocycles. The molecule has 4 nitrogen and oxygen atoms in total. The lowest BCUT2D eigenvalue weighted by Gasteiger charge is -2.20. The van der Waals surface area contributed by atoms with Crippen LogP contribution in [0.5, 0.6) is 0 Å². The highest BCUT2D eigenvalue weighted by molar-refractivity contribution is 7.91. The molecule has 5 heteroatoms. The van der Waals surface area contributed by atoms with Crippen molar-refractivity contribution in [1.29, 1.82) is 0 Å². The molecule has 0 N–H and O–H groups in total. The van der Waals surface area contributed by atoms with Crippen molar-refractivity contribution in [3.8, 4) is 0 Å². The number of sulfone groups is 1. The van der Waals surface area contributed by atoms with Gasteiger partial charge in [0, 0.05) is 24.5 Å². The summed E-state index contributed by atoms with van der Waals surface area (Å²) in [6, 6.07) is 15.5. The molecule has 25 heavy (non-hydrogen) atoms. The molecule has 0 saturated carbocycles. The molecule has 0 spiro atoms. The maximum Gasteiger partial charge on any atom is 0.206 e. The molecule has 0 radical (unpaired) electrons. The molecule has 4 rings (SSSR count). The molecular weight excluding hydrogens is 334 g/mol. The van der Waals surface area contributed by atoms with Gasteiger partial charge >= 0.3 is 0 Å². The van der Waals surface area contributed by atoms with Gasteiger partial charge in [-0.05, 0) is 42.0 Å². The Morgan fingerprint density at radius 3 is 2.44 bits per heavy atom. The minimum atomic E-state index is -3.47. The van der Waals surface area contributed by atoms with E-state index in [1.807, 2.05) is 41.6 Å². The Morgan fingerprint density at radius 2 is 1.68 bits per heavy atom. The Kier molecular flexibility index (Phi) is 3.93. The lowest BCUT2D eigenvalue weighted by molar-refractivity contribution is 0.265. The van der Waals surface area contributed by atoms with Gasteiger partial charge in [-0.15, -0.1) is 0 Å². The van der Waals surface area contributed by atoms with Gasteiger partial charge in [-0.3, -0.25) is 0 Å².